The first-order valence-corrected chi connectivity index (χ1v) is 7.25. The van der Waals surface area contributed by atoms with Crippen LogP contribution in [0, 0.1) is 17.7 Å². The van der Waals surface area contributed by atoms with E-state index < -0.39 is 0 Å². The van der Waals surface area contributed by atoms with Gasteiger partial charge in [-0.05, 0) is 55.0 Å². The minimum Gasteiger partial charge on any atom is -0.396 e. The van der Waals surface area contributed by atoms with E-state index in [0.29, 0.717) is 18.4 Å². The number of aliphatic hydroxyl groups excluding tert-OH is 1. The maximum atomic E-state index is 13.2. The minimum atomic E-state index is -0.213. The van der Waals surface area contributed by atoms with Crippen molar-refractivity contribution in [1.29, 1.82) is 0 Å². The van der Waals surface area contributed by atoms with Crippen LogP contribution in [-0.4, -0.2) is 18.3 Å². The Morgan fingerprint density at radius 2 is 2.06 bits per heavy atom. The van der Waals surface area contributed by atoms with Crippen molar-refractivity contribution in [2.45, 2.75) is 25.8 Å². The van der Waals surface area contributed by atoms with Crippen molar-refractivity contribution >= 4 is 15.9 Å². The van der Waals surface area contributed by atoms with E-state index >= 15 is 0 Å². The molecule has 1 fully saturated rings. The van der Waals surface area contributed by atoms with Crippen molar-refractivity contribution in [3.05, 3.63) is 34.1 Å². The van der Waals surface area contributed by atoms with Crippen LogP contribution in [0.15, 0.2) is 22.7 Å². The fraction of sp³-hybridized carbons (Fsp3) is 0.571. The highest BCUT2D eigenvalue weighted by Crippen LogP contribution is 2.30. The zero-order valence-electron chi connectivity index (χ0n) is 10.3. The van der Waals surface area contributed by atoms with Crippen molar-refractivity contribution in [3.8, 4) is 0 Å². The molecule has 0 radical (unpaired) electrons. The van der Waals surface area contributed by atoms with Gasteiger partial charge >= 0.3 is 0 Å². The summed E-state index contributed by atoms with van der Waals surface area (Å²) in [4.78, 5) is 0. The first-order valence-electron chi connectivity index (χ1n) is 6.45. The second-order valence-electron chi connectivity index (χ2n) is 5.04. The van der Waals surface area contributed by atoms with Crippen LogP contribution in [-0.2, 0) is 6.54 Å². The van der Waals surface area contributed by atoms with E-state index in [4.69, 9.17) is 0 Å². The number of nitrogens with one attached hydrogen (secondary N) is 1. The molecule has 0 heterocycles. The summed E-state index contributed by atoms with van der Waals surface area (Å²) < 4.78 is 14.0. The summed E-state index contributed by atoms with van der Waals surface area (Å²) in [6, 6.07) is 4.94. The molecule has 4 heteroatoms. The lowest BCUT2D eigenvalue weighted by Crippen LogP contribution is -2.26. The van der Waals surface area contributed by atoms with E-state index in [2.05, 4.69) is 21.2 Å². The Hall–Kier alpha value is -0.450. The molecule has 2 nitrogen and oxygen atoms in total. The average Bonchev–Trinajstić information content (AvgIpc) is 2.75. The molecule has 1 aromatic carbocycles. The van der Waals surface area contributed by atoms with Gasteiger partial charge in [0.15, 0.2) is 0 Å². The largest absolute Gasteiger partial charge is 0.396 e. The van der Waals surface area contributed by atoms with Crippen LogP contribution >= 0.6 is 15.9 Å². The monoisotopic (exact) mass is 315 g/mol. The third kappa shape index (κ3) is 3.77. The van der Waals surface area contributed by atoms with E-state index in [0.717, 1.165) is 23.0 Å². The summed E-state index contributed by atoms with van der Waals surface area (Å²) in [5.41, 5.74) is 0.945. The standard InChI is InChI=1S/C14H19BrFNO/c15-13-4-10(5-14(16)6-13)7-17-8-11-2-1-3-12(11)9-18/h4-6,11-12,17-18H,1-3,7-9H2. The lowest BCUT2D eigenvalue weighted by atomic mass is 9.97. The second-order valence-corrected chi connectivity index (χ2v) is 5.96. The van der Waals surface area contributed by atoms with E-state index in [1.54, 1.807) is 6.07 Å². The predicted molar refractivity (Wildman–Crippen MR) is 73.7 cm³/mol. The number of benzene rings is 1. The Balaban J connectivity index is 1.81. The topological polar surface area (TPSA) is 32.3 Å². The molecular weight excluding hydrogens is 297 g/mol. The Morgan fingerprint density at radius 3 is 2.78 bits per heavy atom. The van der Waals surface area contributed by atoms with Crippen molar-refractivity contribution in [1.82, 2.24) is 5.32 Å². The van der Waals surface area contributed by atoms with Gasteiger partial charge in [0, 0.05) is 17.6 Å². The van der Waals surface area contributed by atoms with Gasteiger partial charge in [0.05, 0.1) is 0 Å². The van der Waals surface area contributed by atoms with E-state index in [9.17, 15) is 9.50 Å². The van der Waals surface area contributed by atoms with Gasteiger partial charge in [0.2, 0.25) is 0 Å². The summed E-state index contributed by atoms with van der Waals surface area (Å²) in [6.07, 6.45) is 3.53. The minimum absolute atomic E-state index is 0.213. The molecule has 2 N–H and O–H groups in total. The smallest absolute Gasteiger partial charge is 0.124 e. The molecule has 0 bridgehead atoms. The van der Waals surface area contributed by atoms with Gasteiger partial charge in [-0.3, -0.25) is 0 Å². The van der Waals surface area contributed by atoms with Crippen LogP contribution in [0.5, 0.6) is 0 Å². The molecule has 2 atom stereocenters. The third-order valence-corrected chi connectivity index (χ3v) is 4.17. The molecule has 0 saturated heterocycles. The lowest BCUT2D eigenvalue weighted by Gasteiger charge is -2.17. The number of halogens is 2. The second kappa shape index (κ2) is 6.64. The molecule has 2 unspecified atom stereocenters. The van der Waals surface area contributed by atoms with Crippen LogP contribution < -0.4 is 5.32 Å². The van der Waals surface area contributed by atoms with Gasteiger partial charge in [-0.1, -0.05) is 22.4 Å². The average molecular weight is 316 g/mol. The van der Waals surface area contributed by atoms with Gasteiger partial charge in [0.25, 0.3) is 0 Å². The van der Waals surface area contributed by atoms with Crippen molar-refractivity contribution in [3.63, 3.8) is 0 Å². The number of hydrogen-bond donors (Lipinski definition) is 2. The SMILES string of the molecule is OCC1CCCC1CNCc1cc(F)cc(Br)c1. The van der Waals surface area contributed by atoms with Gasteiger partial charge in [-0.15, -0.1) is 0 Å². The van der Waals surface area contributed by atoms with Crippen LogP contribution in [0.2, 0.25) is 0 Å². The Kier molecular flexibility index (Phi) is 5.15. The summed E-state index contributed by atoms with van der Waals surface area (Å²) >= 11 is 3.29. The normalized spacial score (nSPS) is 23.5. The molecule has 1 saturated carbocycles. The molecule has 1 aliphatic carbocycles. The predicted octanol–water partition coefficient (Wildman–Crippen LogP) is 3.09. The third-order valence-electron chi connectivity index (χ3n) is 3.71. The number of rotatable bonds is 5. The van der Waals surface area contributed by atoms with Gasteiger partial charge in [0.1, 0.15) is 5.82 Å². The Bertz CT molecular complexity index is 379. The quantitative estimate of drug-likeness (QED) is 0.875. The zero-order valence-corrected chi connectivity index (χ0v) is 11.9. The molecule has 1 aliphatic rings. The van der Waals surface area contributed by atoms with Crippen LogP contribution in [0.1, 0.15) is 24.8 Å². The fourth-order valence-electron chi connectivity index (χ4n) is 2.74. The Labute approximate surface area is 116 Å². The van der Waals surface area contributed by atoms with Crippen molar-refractivity contribution < 1.29 is 9.50 Å². The number of hydrogen-bond acceptors (Lipinski definition) is 2. The number of aliphatic hydroxyl groups is 1. The summed E-state index contributed by atoms with van der Waals surface area (Å²) in [5, 5.41) is 12.6. The first kappa shape index (κ1) is 14.0. The molecule has 0 amide bonds. The molecular formula is C14H19BrFNO. The van der Waals surface area contributed by atoms with E-state index in [-0.39, 0.29) is 12.4 Å². The summed E-state index contributed by atoms with van der Waals surface area (Å²) in [6.45, 7) is 1.86. The van der Waals surface area contributed by atoms with Crippen molar-refractivity contribution in [2.75, 3.05) is 13.2 Å². The molecule has 2 rings (SSSR count). The van der Waals surface area contributed by atoms with Crippen LogP contribution in [0.3, 0.4) is 0 Å². The highest BCUT2D eigenvalue weighted by atomic mass is 79.9. The molecule has 0 aromatic heterocycles. The maximum Gasteiger partial charge on any atom is 0.124 e. The van der Waals surface area contributed by atoms with E-state index in [1.807, 2.05) is 6.07 Å². The lowest BCUT2D eigenvalue weighted by molar-refractivity contribution is 0.192. The highest BCUT2D eigenvalue weighted by molar-refractivity contribution is 9.10. The molecule has 0 aliphatic heterocycles. The molecule has 1 aromatic rings. The van der Waals surface area contributed by atoms with Gasteiger partial charge in [-0.25, -0.2) is 4.39 Å². The van der Waals surface area contributed by atoms with Crippen molar-refractivity contribution in [2.24, 2.45) is 11.8 Å². The molecule has 18 heavy (non-hydrogen) atoms. The van der Waals surface area contributed by atoms with Gasteiger partial charge < -0.3 is 10.4 Å². The molecule has 100 valence electrons. The van der Waals surface area contributed by atoms with E-state index in [1.165, 1.54) is 18.9 Å². The summed E-state index contributed by atoms with van der Waals surface area (Å²) in [7, 11) is 0. The van der Waals surface area contributed by atoms with Crippen LogP contribution in [0.4, 0.5) is 4.39 Å². The Morgan fingerprint density at radius 1 is 1.28 bits per heavy atom. The fourth-order valence-corrected chi connectivity index (χ4v) is 3.25. The summed E-state index contributed by atoms with van der Waals surface area (Å²) in [5.74, 6) is 0.791. The first-order chi connectivity index (χ1) is 8.69. The zero-order chi connectivity index (χ0) is 13.0. The van der Waals surface area contributed by atoms with Gasteiger partial charge in [-0.2, -0.15) is 0 Å². The molecule has 0 spiro atoms. The highest BCUT2D eigenvalue weighted by Gasteiger charge is 2.25. The maximum absolute atomic E-state index is 13.2. The van der Waals surface area contributed by atoms with Crippen LogP contribution in [0.25, 0.3) is 0 Å².